The van der Waals surface area contributed by atoms with Crippen LogP contribution in [0, 0.1) is 5.82 Å². The highest BCUT2D eigenvalue weighted by Crippen LogP contribution is 2.24. The lowest BCUT2D eigenvalue weighted by Crippen LogP contribution is -2.29. The van der Waals surface area contributed by atoms with Crippen LogP contribution in [0.2, 0.25) is 0 Å². The first-order valence-corrected chi connectivity index (χ1v) is 5.88. The third-order valence-corrected chi connectivity index (χ3v) is 2.62. The van der Waals surface area contributed by atoms with E-state index in [1.165, 1.54) is 18.2 Å². The zero-order valence-electron chi connectivity index (χ0n) is 10.5. The van der Waals surface area contributed by atoms with Gasteiger partial charge in [-0.3, -0.25) is 0 Å². The van der Waals surface area contributed by atoms with Gasteiger partial charge in [-0.1, -0.05) is 0 Å². The van der Waals surface area contributed by atoms with E-state index >= 15 is 0 Å². The Kier molecular flexibility index (Phi) is 5.38. The number of rotatable bonds is 6. The van der Waals surface area contributed by atoms with Crippen LogP contribution in [0.15, 0.2) is 18.2 Å². The largest absolute Gasteiger partial charge is 0.508 e. The Morgan fingerprint density at radius 3 is 2.76 bits per heavy atom. The lowest BCUT2D eigenvalue weighted by Gasteiger charge is -2.19. The van der Waals surface area contributed by atoms with E-state index in [1.807, 2.05) is 20.8 Å². The summed E-state index contributed by atoms with van der Waals surface area (Å²) in [6, 6.07) is 3.84. The molecule has 0 saturated heterocycles. The van der Waals surface area contributed by atoms with E-state index < -0.39 is 0 Å². The van der Waals surface area contributed by atoms with Crippen molar-refractivity contribution in [2.45, 2.75) is 32.9 Å². The van der Waals surface area contributed by atoms with E-state index in [0.717, 1.165) is 0 Å². The van der Waals surface area contributed by atoms with Crippen LogP contribution in [0.3, 0.4) is 0 Å². The molecule has 1 aromatic carbocycles. The molecule has 4 heteroatoms. The molecule has 0 aliphatic rings. The summed E-state index contributed by atoms with van der Waals surface area (Å²) in [6.07, 6.45) is 0.0955. The quantitative estimate of drug-likeness (QED) is 0.804. The Morgan fingerprint density at radius 1 is 1.41 bits per heavy atom. The maximum absolute atomic E-state index is 13.1. The minimum Gasteiger partial charge on any atom is -0.508 e. The molecule has 0 aliphatic heterocycles. The molecular formula is C13H20FNO2. The molecule has 1 aromatic rings. The molecule has 0 aliphatic carbocycles. The van der Waals surface area contributed by atoms with Crippen molar-refractivity contribution in [3.63, 3.8) is 0 Å². The second-order valence-corrected chi connectivity index (χ2v) is 4.10. The Labute approximate surface area is 102 Å². The van der Waals surface area contributed by atoms with Crippen molar-refractivity contribution in [2.75, 3.05) is 13.2 Å². The molecule has 96 valence electrons. The van der Waals surface area contributed by atoms with Crippen molar-refractivity contribution in [1.82, 2.24) is 5.32 Å². The number of nitrogens with one attached hydrogen (secondary N) is 1. The second kappa shape index (κ2) is 6.57. The fraction of sp³-hybridized carbons (Fsp3) is 0.538. The number of aromatic hydroxyl groups is 1. The fourth-order valence-corrected chi connectivity index (χ4v) is 1.67. The lowest BCUT2D eigenvalue weighted by atomic mass is 10.1. The highest BCUT2D eigenvalue weighted by atomic mass is 19.1. The van der Waals surface area contributed by atoms with Gasteiger partial charge in [-0.2, -0.15) is 0 Å². The molecule has 0 radical (unpaired) electrons. The summed E-state index contributed by atoms with van der Waals surface area (Å²) < 4.78 is 18.4. The van der Waals surface area contributed by atoms with Gasteiger partial charge < -0.3 is 15.2 Å². The maximum atomic E-state index is 13.1. The topological polar surface area (TPSA) is 41.5 Å². The first-order valence-electron chi connectivity index (χ1n) is 5.88. The number of hydrogen-bond donors (Lipinski definition) is 2. The summed E-state index contributed by atoms with van der Waals surface area (Å²) in [4.78, 5) is 0. The maximum Gasteiger partial charge on any atom is 0.123 e. The Morgan fingerprint density at radius 2 is 2.12 bits per heavy atom. The molecule has 2 unspecified atom stereocenters. The van der Waals surface area contributed by atoms with Gasteiger partial charge in [0.25, 0.3) is 0 Å². The van der Waals surface area contributed by atoms with Crippen LogP contribution in [-0.2, 0) is 4.74 Å². The molecular weight excluding hydrogens is 221 g/mol. The lowest BCUT2D eigenvalue weighted by molar-refractivity contribution is 0.0743. The van der Waals surface area contributed by atoms with Gasteiger partial charge in [0, 0.05) is 24.8 Å². The molecule has 0 heterocycles. The van der Waals surface area contributed by atoms with Crippen LogP contribution in [0.25, 0.3) is 0 Å². The first kappa shape index (κ1) is 13.9. The summed E-state index contributed by atoms with van der Waals surface area (Å²) in [5.41, 5.74) is 0.564. The van der Waals surface area contributed by atoms with Crippen LogP contribution < -0.4 is 5.32 Å². The number of phenols is 1. The van der Waals surface area contributed by atoms with E-state index in [0.29, 0.717) is 18.7 Å². The van der Waals surface area contributed by atoms with Gasteiger partial charge >= 0.3 is 0 Å². The van der Waals surface area contributed by atoms with Gasteiger partial charge in [-0.15, -0.1) is 0 Å². The highest BCUT2D eigenvalue weighted by molar-refractivity contribution is 5.34. The molecule has 1 rings (SSSR count). The molecule has 0 spiro atoms. The molecule has 2 atom stereocenters. The van der Waals surface area contributed by atoms with E-state index in [9.17, 15) is 9.50 Å². The molecule has 17 heavy (non-hydrogen) atoms. The van der Waals surface area contributed by atoms with Crippen molar-refractivity contribution in [2.24, 2.45) is 0 Å². The Balaban J connectivity index is 2.57. The Bertz CT molecular complexity index is 357. The van der Waals surface area contributed by atoms with Crippen molar-refractivity contribution in [1.29, 1.82) is 0 Å². The monoisotopic (exact) mass is 241 g/mol. The molecule has 0 amide bonds. The van der Waals surface area contributed by atoms with Crippen molar-refractivity contribution < 1.29 is 14.2 Å². The summed E-state index contributed by atoms with van der Waals surface area (Å²) in [7, 11) is 0. The second-order valence-electron chi connectivity index (χ2n) is 4.10. The summed E-state index contributed by atoms with van der Waals surface area (Å²) in [6.45, 7) is 7.12. The average molecular weight is 241 g/mol. The van der Waals surface area contributed by atoms with Crippen molar-refractivity contribution >= 4 is 0 Å². The summed E-state index contributed by atoms with van der Waals surface area (Å²) in [5, 5.41) is 12.8. The predicted molar refractivity (Wildman–Crippen MR) is 65.6 cm³/mol. The van der Waals surface area contributed by atoms with Crippen LogP contribution in [0.5, 0.6) is 5.75 Å². The molecule has 2 N–H and O–H groups in total. The third-order valence-electron chi connectivity index (χ3n) is 2.62. The van der Waals surface area contributed by atoms with Crippen LogP contribution in [0.4, 0.5) is 4.39 Å². The number of hydrogen-bond acceptors (Lipinski definition) is 3. The van der Waals surface area contributed by atoms with Crippen LogP contribution in [0.1, 0.15) is 32.4 Å². The third kappa shape index (κ3) is 4.32. The molecule has 3 nitrogen and oxygen atoms in total. The smallest absolute Gasteiger partial charge is 0.123 e. The van der Waals surface area contributed by atoms with E-state index in [1.54, 1.807) is 0 Å². The van der Waals surface area contributed by atoms with Crippen molar-refractivity contribution in [3.05, 3.63) is 29.6 Å². The summed E-state index contributed by atoms with van der Waals surface area (Å²) in [5.74, 6) is -0.236. The molecule has 0 saturated carbocycles. The minimum atomic E-state index is -0.343. The Hall–Kier alpha value is -1.13. The van der Waals surface area contributed by atoms with Gasteiger partial charge in [0.1, 0.15) is 11.6 Å². The zero-order valence-corrected chi connectivity index (χ0v) is 10.5. The number of ether oxygens (including phenoxy) is 1. The minimum absolute atomic E-state index is 0.0955. The van der Waals surface area contributed by atoms with Gasteiger partial charge in [-0.25, -0.2) is 4.39 Å². The predicted octanol–water partition coefficient (Wildman–Crippen LogP) is 2.61. The molecule has 0 aromatic heterocycles. The van der Waals surface area contributed by atoms with Crippen LogP contribution >= 0.6 is 0 Å². The number of halogens is 1. The van der Waals surface area contributed by atoms with E-state index in [2.05, 4.69) is 5.32 Å². The van der Waals surface area contributed by atoms with Crippen LogP contribution in [-0.4, -0.2) is 24.4 Å². The fourth-order valence-electron chi connectivity index (χ4n) is 1.67. The van der Waals surface area contributed by atoms with E-state index in [-0.39, 0.29) is 23.7 Å². The van der Waals surface area contributed by atoms with E-state index in [4.69, 9.17) is 4.74 Å². The molecule has 0 bridgehead atoms. The number of phenolic OH excluding ortho intramolecular Hbond substituents is 1. The first-order chi connectivity index (χ1) is 8.04. The standard InChI is InChI=1S/C13H20FNO2/c1-4-17-9(2)8-15-10(3)12-7-11(14)5-6-13(12)16/h5-7,9-10,15-16H,4,8H2,1-3H3. The molecule has 0 fully saturated rings. The van der Waals surface area contributed by atoms with Crippen molar-refractivity contribution in [3.8, 4) is 5.75 Å². The highest BCUT2D eigenvalue weighted by Gasteiger charge is 2.12. The number of benzene rings is 1. The van der Waals surface area contributed by atoms with Gasteiger partial charge in [0.2, 0.25) is 0 Å². The van der Waals surface area contributed by atoms with Gasteiger partial charge in [0.05, 0.1) is 6.10 Å². The SMILES string of the molecule is CCOC(C)CNC(C)c1cc(F)ccc1O. The zero-order chi connectivity index (χ0) is 12.8. The van der Waals surface area contributed by atoms with Gasteiger partial charge in [-0.05, 0) is 39.0 Å². The van der Waals surface area contributed by atoms with Gasteiger partial charge in [0.15, 0.2) is 0 Å². The average Bonchev–Trinajstić information content (AvgIpc) is 2.29. The normalized spacial score (nSPS) is 14.6. The summed E-state index contributed by atoms with van der Waals surface area (Å²) >= 11 is 0.